The number of rotatable bonds is 6. The van der Waals surface area contributed by atoms with E-state index in [1.807, 2.05) is 0 Å². The second-order valence-electron chi connectivity index (χ2n) is 9.14. The first-order chi connectivity index (χ1) is 19.2. The number of carbonyl (C=O) groups is 1. The van der Waals surface area contributed by atoms with Crippen LogP contribution in [0.5, 0.6) is 5.75 Å². The highest BCUT2D eigenvalue weighted by molar-refractivity contribution is 7.92. The number of sulfonamides is 1. The van der Waals surface area contributed by atoms with Gasteiger partial charge in [-0.25, -0.2) is 22.8 Å². The predicted molar refractivity (Wildman–Crippen MR) is 142 cm³/mol. The minimum absolute atomic E-state index is 0.00426. The molecule has 1 unspecified atom stereocenters. The van der Waals surface area contributed by atoms with Gasteiger partial charge >= 0.3 is 6.18 Å². The molecule has 0 aliphatic carbocycles. The maximum atomic E-state index is 15.2. The summed E-state index contributed by atoms with van der Waals surface area (Å²) < 4.78 is 87.2. The van der Waals surface area contributed by atoms with E-state index in [1.54, 1.807) is 0 Å². The van der Waals surface area contributed by atoms with E-state index in [1.165, 1.54) is 39.8 Å². The van der Waals surface area contributed by atoms with Crippen molar-refractivity contribution in [3.63, 3.8) is 0 Å². The third-order valence-electron chi connectivity index (χ3n) is 6.26. The third-order valence-corrected chi connectivity index (χ3v) is 7.35. The molecule has 16 heteroatoms. The number of aromatic nitrogens is 3. The molecule has 1 aliphatic heterocycles. The van der Waals surface area contributed by atoms with Gasteiger partial charge in [0.2, 0.25) is 10.0 Å². The molecule has 0 fully saturated rings. The molecular formula is C25H19Cl2F4N5O4S. The zero-order valence-electron chi connectivity index (χ0n) is 20.9. The minimum Gasteiger partial charge on any atom is -0.481 e. The summed E-state index contributed by atoms with van der Waals surface area (Å²) in [6.45, 7) is -0.503. The topological polar surface area (TPSA) is 106 Å². The fourth-order valence-electron chi connectivity index (χ4n) is 4.57. The van der Waals surface area contributed by atoms with Gasteiger partial charge in [-0.2, -0.15) is 13.2 Å². The first-order valence-corrected chi connectivity index (χ1v) is 14.5. The van der Waals surface area contributed by atoms with Gasteiger partial charge in [-0.1, -0.05) is 29.3 Å². The summed E-state index contributed by atoms with van der Waals surface area (Å²) in [6, 6.07) is 7.22. The molecule has 0 saturated heterocycles. The lowest BCUT2D eigenvalue weighted by atomic mass is 9.95. The number of amides is 1. The highest BCUT2D eigenvalue weighted by Crippen LogP contribution is 2.39. The second kappa shape index (κ2) is 10.7. The van der Waals surface area contributed by atoms with Crippen LogP contribution in [-0.2, 0) is 27.4 Å². The predicted octanol–water partition coefficient (Wildman–Crippen LogP) is 5.12. The fraction of sp³-hybridized carbons (Fsp3) is 0.240. The Labute approximate surface area is 240 Å². The molecule has 0 saturated carbocycles. The first-order valence-electron chi connectivity index (χ1n) is 11.8. The largest absolute Gasteiger partial charge is 0.481 e. The van der Waals surface area contributed by atoms with Crippen molar-refractivity contribution < 1.29 is 35.5 Å². The molecule has 0 radical (unpaired) electrons. The van der Waals surface area contributed by atoms with Gasteiger partial charge in [0.25, 0.3) is 5.91 Å². The zero-order chi connectivity index (χ0) is 29.7. The van der Waals surface area contributed by atoms with Gasteiger partial charge in [-0.05, 0) is 36.4 Å². The average molecular weight is 632 g/mol. The van der Waals surface area contributed by atoms with Crippen LogP contribution in [0.2, 0.25) is 10.2 Å². The molecule has 1 aromatic carbocycles. The molecule has 0 bridgehead atoms. The molecule has 1 atom stereocenters. The smallest absolute Gasteiger partial charge is 0.416 e. The Morgan fingerprint density at radius 1 is 1.15 bits per heavy atom. The van der Waals surface area contributed by atoms with Gasteiger partial charge in [-0.15, -0.1) is 0 Å². The van der Waals surface area contributed by atoms with Gasteiger partial charge in [0.1, 0.15) is 23.3 Å². The molecule has 1 aliphatic rings. The number of anilines is 1. The molecule has 1 amide bonds. The molecule has 41 heavy (non-hydrogen) atoms. The van der Waals surface area contributed by atoms with Gasteiger partial charge in [-0.3, -0.25) is 9.52 Å². The number of pyridine rings is 2. The molecule has 4 aromatic rings. The van der Waals surface area contributed by atoms with Gasteiger partial charge < -0.3 is 14.0 Å². The fourth-order valence-corrected chi connectivity index (χ4v) is 5.43. The Bertz CT molecular complexity index is 1780. The number of nitrogens with zero attached hydrogens (tertiary/aromatic N) is 4. The highest BCUT2D eigenvalue weighted by atomic mass is 35.5. The standard InChI is InChI=1S/C25H19Cl2F4N5O4S/c1-41(38,39)34-19-5-4-18(24(27)33-19)40-12-21(37)36-9-7-17-23(22(36)15-3-2-14(26)11-16(15)28)35-8-6-13(25(29,30)31)10-20(35)32-17/h2-6,8,10-11,22H,7,9,12H2,1H3,(H,33,34). The number of alkyl halides is 3. The summed E-state index contributed by atoms with van der Waals surface area (Å²) in [4.78, 5) is 23.0. The van der Waals surface area contributed by atoms with Crippen molar-refractivity contribution in [3.05, 3.63) is 87.2 Å². The monoisotopic (exact) mass is 631 g/mol. The van der Waals surface area contributed by atoms with Crippen LogP contribution >= 0.6 is 23.2 Å². The van der Waals surface area contributed by atoms with Crippen molar-refractivity contribution >= 4 is 50.6 Å². The van der Waals surface area contributed by atoms with Crippen molar-refractivity contribution in [2.24, 2.45) is 0 Å². The Morgan fingerprint density at radius 3 is 2.56 bits per heavy atom. The normalized spacial score (nSPS) is 15.6. The van der Waals surface area contributed by atoms with Crippen LogP contribution in [0.4, 0.5) is 23.4 Å². The van der Waals surface area contributed by atoms with Crippen molar-refractivity contribution in [3.8, 4) is 5.75 Å². The van der Waals surface area contributed by atoms with Crippen LogP contribution in [0, 0.1) is 5.82 Å². The molecule has 9 nitrogen and oxygen atoms in total. The number of benzene rings is 1. The van der Waals surface area contributed by atoms with E-state index in [4.69, 9.17) is 27.9 Å². The molecule has 3 aromatic heterocycles. The number of halogens is 6. The summed E-state index contributed by atoms with van der Waals surface area (Å²) in [7, 11) is -3.61. The van der Waals surface area contributed by atoms with E-state index in [-0.39, 0.29) is 45.9 Å². The van der Waals surface area contributed by atoms with Crippen molar-refractivity contribution in [1.29, 1.82) is 0 Å². The lowest BCUT2D eigenvalue weighted by molar-refractivity contribution is -0.137. The Kier molecular flexibility index (Phi) is 7.51. The maximum Gasteiger partial charge on any atom is 0.416 e. The molecule has 5 rings (SSSR count). The van der Waals surface area contributed by atoms with Crippen LogP contribution in [0.1, 0.15) is 28.6 Å². The van der Waals surface area contributed by atoms with Crippen LogP contribution in [0.15, 0.2) is 48.7 Å². The van der Waals surface area contributed by atoms with E-state index in [9.17, 15) is 26.4 Å². The van der Waals surface area contributed by atoms with Gasteiger partial charge in [0.15, 0.2) is 17.5 Å². The van der Waals surface area contributed by atoms with E-state index < -0.39 is 46.1 Å². The van der Waals surface area contributed by atoms with E-state index in [0.29, 0.717) is 11.4 Å². The summed E-state index contributed by atoms with van der Waals surface area (Å²) in [5.74, 6) is -1.39. The lowest BCUT2D eigenvalue weighted by Crippen LogP contribution is -2.43. The molecular weight excluding hydrogens is 613 g/mol. The quantitative estimate of drug-likeness (QED) is 0.234. The van der Waals surface area contributed by atoms with E-state index >= 15 is 4.39 Å². The van der Waals surface area contributed by atoms with Gasteiger partial charge in [0.05, 0.1) is 23.2 Å². The summed E-state index contributed by atoms with van der Waals surface area (Å²) >= 11 is 12.0. The zero-order valence-corrected chi connectivity index (χ0v) is 23.2. The Balaban J connectivity index is 1.49. The third kappa shape index (κ3) is 6.04. The van der Waals surface area contributed by atoms with E-state index in [2.05, 4.69) is 14.7 Å². The van der Waals surface area contributed by atoms with Gasteiger partial charge in [0, 0.05) is 29.7 Å². The highest BCUT2D eigenvalue weighted by Gasteiger charge is 2.38. The van der Waals surface area contributed by atoms with Crippen LogP contribution in [0.3, 0.4) is 0 Å². The molecule has 0 spiro atoms. The SMILES string of the molecule is CS(=O)(=O)Nc1ccc(OCC(=O)N2CCc3nc4cc(C(F)(F)F)ccn4c3C2c2ccc(Cl)cc2F)c(Cl)n1. The number of ether oxygens (including phenoxy) is 1. The number of hydrogen-bond donors (Lipinski definition) is 1. The Hall–Kier alpha value is -3.62. The second-order valence-corrected chi connectivity index (χ2v) is 11.7. The molecule has 4 heterocycles. The molecule has 1 N–H and O–H groups in total. The van der Waals surface area contributed by atoms with E-state index in [0.717, 1.165) is 24.5 Å². The lowest BCUT2D eigenvalue weighted by Gasteiger charge is -2.36. The van der Waals surface area contributed by atoms with Crippen molar-refractivity contribution in [2.45, 2.75) is 18.6 Å². The number of imidazole rings is 1. The number of hydrogen-bond acceptors (Lipinski definition) is 6. The number of nitrogens with one attached hydrogen (secondary N) is 1. The average Bonchev–Trinajstić information content (AvgIpc) is 3.24. The minimum atomic E-state index is -4.59. The summed E-state index contributed by atoms with van der Waals surface area (Å²) in [5, 5.41) is -0.0951. The first kappa shape index (κ1) is 28.9. The van der Waals surface area contributed by atoms with Crippen LogP contribution in [0.25, 0.3) is 5.65 Å². The van der Waals surface area contributed by atoms with Crippen molar-refractivity contribution in [1.82, 2.24) is 19.3 Å². The number of fused-ring (bicyclic) bond motifs is 3. The number of carbonyl (C=O) groups excluding carboxylic acids is 1. The molecule has 216 valence electrons. The van der Waals surface area contributed by atoms with Crippen LogP contribution < -0.4 is 9.46 Å². The maximum absolute atomic E-state index is 15.2. The summed E-state index contributed by atoms with van der Waals surface area (Å²) in [6.07, 6.45) is -2.28. The summed E-state index contributed by atoms with van der Waals surface area (Å²) in [5.41, 5.74) is -0.108. The van der Waals surface area contributed by atoms with Crippen LogP contribution in [-0.4, -0.2) is 53.0 Å². The van der Waals surface area contributed by atoms with Crippen molar-refractivity contribution in [2.75, 3.05) is 24.1 Å². The Morgan fingerprint density at radius 2 is 1.90 bits per heavy atom.